The number of hydrogen-bond acceptors (Lipinski definition) is 8. The summed E-state index contributed by atoms with van der Waals surface area (Å²) in [5.41, 5.74) is 7.64. The molecule has 2 aromatic heterocycles. The van der Waals surface area contributed by atoms with Crippen LogP contribution in [0.25, 0.3) is 0 Å². The number of nitrogen functional groups attached to an aromatic ring is 1. The Labute approximate surface area is 224 Å². The molecule has 4 rings (SSSR count). The van der Waals surface area contributed by atoms with Crippen molar-refractivity contribution in [3.05, 3.63) is 70.1 Å². The molecule has 3 aromatic rings. The summed E-state index contributed by atoms with van der Waals surface area (Å²) in [5, 5.41) is 9.62. The van der Waals surface area contributed by atoms with Gasteiger partial charge in [0, 0.05) is 58.0 Å². The van der Waals surface area contributed by atoms with E-state index in [1.54, 1.807) is 37.3 Å². The minimum atomic E-state index is -2.49. The number of ether oxygens (including phenoxy) is 1. The molecule has 1 aliphatic heterocycles. The molecule has 10 nitrogen and oxygen atoms in total. The van der Waals surface area contributed by atoms with Gasteiger partial charge in [0.2, 0.25) is 0 Å². The largest absolute Gasteiger partial charge is 0.486 e. The molecule has 13 heteroatoms. The van der Waals surface area contributed by atoms with Crippen molar-refractivity contribution in [2.45, 2.75) is 13.0 Å². The van der Waals surface area contributed by atoms with Gasteiger partial charge >= 0.3 is 5.91 Å². The van der Waals surface area contributed by atoms with Gasteiger partial charge in [-0.1, -0.05) is 23.2 Å². The van der Waals surface area contributed by atoms with Crippen LogP contribution in [0.4, 0.5) is 17.2 Å². The van der Waals surface area contributed by atoms with Crippen molar-refractivity contribution in [3.63, 3.8) is 0 Å². The number of nitrogens with two attached hydrogens (primary N) is 2. The molecular formula is C24H26Cl2N7O3S+. The third-order valence-electron chi connectivity index (χ3n) is 5.88. The van der Waals surface area contributed by atoms with Crippen molar-refractivity contribution >= 4 is 61.7 Å². The number of nitrogens with one attached hydrogen (secondary N) is 2. The number of amides is 1. The van der Waals surface area contributed by atoms with Gasteiger partial charge in [-0.25, -0.2) is 14.6 Å². The Hall–Kier alpha value is -3.41. The van der Waals surface area contributed by atoms with Crippen molar-refractivity contribution in [3.8, 4) is 5.75 Å². The zero-order valence-corrected chi connectivity index (χ0v) is 22.2. The number of hydrogen-bond donors (Lipinski definition) is 4. The lowest BCUT2D eigenvalue weighted by atomic mass is 10.1. The van der Waals surface area contributed by atoms with Crippen LogP contribution in [-0.4, -0.2) is 50.4 Å². The monoisotopic (exact) mass is 562 g/mol. The number of halogens is 2. The first-order valence-electron chi connectivity index (χ1n) is 11.3. The molecule has 194 valence electrons. The molecule has 0 bridgehead atoms. The molecule has 1 atom stereocenters. The molecule has 1 unspecified atom stereocenters. The molecule has 1 saturated heterocycles. The third-order valence-corrected chi connectivity index (χ3v) is 8.17. The van der Waals surface area contributed by atoms with Crippen molar-refractivity contribution < 1.29 is 19.1 Å². The molecule has 0 radical (unpaired) electrons. The first kappa shape index (κ1) is 26.6. The van der Waals surface area contributed by atoms with Crippen LogP contribution in [0.1, 0.15) is 24.2 Å². The summed E-state index contributed by atoms with van der Waals surface area (Å²) in [7, 11) is -2.49. The lowest BCUT2D eigenvalue weighted by Gasteiger charge is -2.28. The van der Waals surface area contributed by atoms with Crippen LogP contribution in [0.3, 0.4) is 0 Å². The minimum Gasteiger partial charge on any atom is -0.486 e. The summed E-state index contributed by atoms with van der Waals surface area (Å²) >= 11 is 12.5. The van der Waals surface area contributed by atoms with Gasteiger partial charge in [-0.15, -0.1) is 0 Å². The van der Waals surface area contributed by atoms with E-state index in [9.17, 15) is 9.00 Å². The summed E-state index contributed by atoms with van der Waals surface area (Å²) < 4.78 is 25.6. The summed E-state index contributed by atoms with van der Waals surface area (Å²) in [6.45, 7) is 2.78. The molecule has 37 heavy (non-hydrogen) atoms. The van der Waals surface area contributed by atoms with E-state index in [1.807, 2.05) is 4.90 Å². The molecule has 3 heterocycles. The fourth-order valence-corrected chi connectivity index (χ4v) is 5.75. The predicted octanol–water partition coefficient (Wildman–Crippen LogP) is 2.56. The fourth-order valence-electron chi connectivity index (χ4n) is 3.84. The van der Waals surface area contributed by atoms with E-state index in [-0.39, 0.29) is 5.71 Å². The fraction of sp³-hybridized carbons (Fsp3) is 0.250. The van der Waals surface area contributed by atoms with Crippen molar-refractivity contribution in [2.24, 2.45) is 0 Å². The van der Waals surface area contributed by atoms with Crippen LogP contribution in [0, 0.1) is 4.78 Å². The quantitative estimate of drug-likeness (QED) is 0.254. The predicted molar refractivity (Wildman–Crippen MR) is 146 cm³/mol. The molecule has 0 aliphatic carbocycles. The number of carbonyl (C=O) groups is 1. The average molecular weight is 563 g/mol. The Bertz CT molecular complexity index is 1410. The molecule has 0 spiro atoms. The smallest absolute Gasteiger partial charge is 0.320 e. The van der Waals surface area contributed by atoms with Gasteiger partial charge in [0.05, 0.1) is 27.5 Å². The second-order valence-electron chi connectivity index (χ2n) is 8.51. The topological polar surface area (TPSA) is 160 Å². The molecule has 1 aliphatic rings. The Morgan fingerprint density at radius 2 is 1.86 bits per heavy atom. The van der Waals surface area contributed by atoms with E-state index in [4.69, 9.17) is 43.9 Å². The van der Waals surface area contributed by atoms with Crippen LogP contribution >= 0.6 is 23.2 Å². The van der Waals surface area contributed by atoms with Crippen LogP contribution in [0.2, 0.25) is 10.0 Å². The highest BCUT2D eigenvalue weighted by Gasteiger charge is 2.24. The number of anilines is 3. The van der Waals surface area contributed by atoms with Gasteiger partial charge in [-0.2, -0.15) is 0 Å². The summed E-state index contributed by atoms with van der Waals surface area (Å²) in [4.78, 5) is 23.2. The van der Waals surface area contributed by atoms with E-state index in [0.717, 1.165) is 0 Å². The summed E-state index contributed by atoms with van der Waals surface area (Å²) in [6.07, 6.45) is 3.97. The Morgan fingerprint density at radius 3 is 2.49 bits per heavy atom. The van der Waals surface area contributed by atoms with Crippen molar-refractivity contribution in [1.29, 1.82) is 4.78 Å². The molecule has 1 fully saturated rings. The average Bonchev–Trinajstić information content (AvgIpc) is 2.85. The highest BCUT2D eigenvalue weighted by molar-refractivity contribution is 7.92. The Kier molecular flexibility index (Phi) is 7.86. The van der Waals surface area contributed by atoms with Gasteiger partial charge in [0.15, 0.2) is 0 Å². The van der Waals surface area contributed by atoms with Gasteiger partial charge < -0.3 is 20.7 Å². The number of nitrogens with zero attached hydrogens (tertiary/aromatic N) is 3. The maximum Gasteiger partial charge on any atom is 0.320 e. The lowest BCUT2D eigenvalue weighted by Crippen LogP contribution is -2.48. The summed E-state index contributed by atoms with van der Waals surface area (Å²) in [6, 6.07) is 8.28. The number of rotatable bonds is 7. The highest BCUT2D eigenvalue weighted by atomic mass is 35.5. The van der Waals surface area contributed by atoms with Gasteiger partial charge in [0.25, 0.3) is 5.71 Å². The lowest BCUT2D eigenvalue weighted by molar-refractivity contribution is -0.132. The van der Waals surface area contributed by atoms with E-state index in [1.165, 1.54) is 18.6 Å². The van der Waals surface area contributed by atoms with E-state index >= 15 is 0 Å². The second kappa shape index (κ2) is 10.9. The second-order valence-corrected chi connectivity index (χ2v) is 11.8. The zero-order chi connectivity index (χ0) is 26.7. The van der Waals surface area contributed by atoms with E-state index in [0.29, 0.717) is 68.7 Å². The maximum atomic E-state index is 12.9. The van der Waals surface area contributed by atoms with Gasteiger partial charge in [0.1, 0.15) is 17.7 Å². The van der Waals surface area contributed by atoms with Crippen molar-refractivity contribution in [1.82, 2.24) is 9.97 Å². The normalized spacial score (nSPS) is 15.6. The molecule has 1 aromatic carbocycles. The van der Waals surface area contributed by atoms with Crippen molar-refractivity contribution in [2.75, 3.05) is 40.5 Å². The number of benzene rings is 1. The standard InChI is InChI=1S/C24H25Cl2N7O3S/c1-14(22-18(25)12-30-13-19(22)26)36-16-3-4-20(27)17(10-16)23(28)24(34)32-15-2-5-21(31-11-15)33-6-8-37(29,35)9-7-33/h2-5,10-14,28-29H,6-9,27H2,1H3,(H,32,34)/p+1. The third kappa shape index (κ3) is 6.30. The van der Waals surface area contributed by atoms with E-state index in [2.05, 4.69) is 15.3 Å². The molecule has 0 saturated carbocycles. The van der Waals surface area contributed by atoms with Crippen LogP contribution in [0.15, 0.2) is 48.9 Å². The van der Waals surface area contributed by atoms with Gasteiger partial charge in [-0.3, -0.25) is 14.6 Å². The number of aromatic nitrogens is 2. The van der Waals surface area contributed by atoms with Gasteiger partial charge in [-0.05, 0) is 37.3 Å². The molecular weight excluding hydrogens is 537 g/mol. The molecule has 6 N–H and O–H groups in total. The highest BCUT2D eigenvalue weighted by Crippen LogP contribution is 2.33. The number of carbonyl (C=O) groups excluding carboxylic acids is 1. The zero-order valence-electron chi connectivity index (χ0n) is 19.9. The van der Waals surface area contributed by atoms with Crippen LogP contribution in [-0.2, 0) is 14.5 Å². The minimum absolute atomic E-state index is 0.0964. The van der Waals surface area contributed by atoms with Crippen LogP contribution < -0.4 is 26.1 Å². The first-order chi connectivity index (χ1) is 17.5. The molecule has 1 amide bonds. The SMILES string of the molecule is CC(Oc1ccc(N)c(C(=[NH2+])C(=O)Nc2ccc(N3CCS(=N)(=O)CC3)nc2)c1)c1c(Cl)cncc1Cl. The first-order valence-corrected chi connectivity index (χ1v) is 13.9. The Balaban J connectivity index is 1.43. The summed E-state index contributed by atoms with van der Waals surface area (Å²) in [5.74, 6) is 1.16. The Morgan fingerprint density at radius 1 is 1.19 bits per heavy atom. The van der Waals surface area contributed by atoms with Crippen LogP contribution in [0.5, 0.6) is 5.75 Å². The van der Waals surface area contributed by atoms with E-state index < -0.39 is 21.7 Å². The number of pyridine rings is 2. The maximum absolute atomic E-state index is 12.9.